The molecule has 1 unspecified atom stereocenters. The van der Waals surface area contributed by atoms with Crippen molar-refractivity contribution in [3.05, 3.63) is 115 Å². The number of imide groups is 1. The lowest BCUT2D eigenvalue weighted by Crippen LogP contribution is -2.52. The second-order valence-corrected chi connectivity index (χ2v) is 16.5. The van der Waals surface area contributed by atoms with E-state index in [1.165, 1.54) is 0 Å². The van der Waals surface area contributed by atoms with Gasteiger partial charge in [-0.15, -0.1) is 21.5 Å². The molecule has 4 aliphatic rings. The number of carbonyl (C=O) groups excluding carboxylic acids is 3. The predicted molar refractivity (Wildman–Crippen MR) is 217 cm³/mol. The molecule has 3 aromatic heterocycles. The molecule has 0 spiro atoms. The van der Waals surface area contributed by atoms with E-state index in [4.69, 9.17) is 16.6 Å². The molecule has 0 aliphatic carbocycles. The number of aryl methyl sites for hydroxylation is 1. The molecule has 5 aromatic rings. The largest absolute Gasteiger partial charge is 0.322 e. The average Bonchev–Trinajstić information content (AvgIpc) is 3.97. The average molecular weight is 801 g/mol. The summed E-state index contributed by atoms with van der Waals surface area (Å²) < 4.78 is 4.08. The number of hydrogen-bond donors (Lipinski definition) is 1. The SMILES string of the molecule is Cc1c(C#Cc2cnn(CCN3CCN(Cc4cccc5c4CN(C4CCC(=O)NC4=O)C5=O)CC3)c2)sc2c1C(c1ccc(Cl)cc1)=N[C@@H](C)c1nnc(C)n1-2. The van der Waals surface area contributed by atoms with E-state index in [-0.39, 0.29) is 30.2 Å². The molecule has 15 heteroatoms. The molecule has 57 heavy (non-hydrogen) atoms. The first-order valence-corrected chi connectivity index (χ1v) is 20.4. The van der Waals surface area contributed by atoms with Crippen LogP contribution in [0.5, 0.6) is 0 Å². The molecule has 2 fully saturated rings. The van der Waals surface area contributed by atoms with Crippen LogP contribution in [0.15, 0.2) is 59.9 Å². The monoisotopic (exact) mass is 800 g/mol. The van der Waals surface area contributed by atoms with E-state index < -0.39 is 6.04 Å². The minimum Gasteiger partial charge on any atom is -0.322 e. The number of thiophene rings is 1. The molecular weight excluding hydrogens is 760 g/mol. The molecule has 0 saturated carbocycles. The van der Waals surface area contributed by atoms with E-state index in [0.29, 0.717) is 23.6 Å². The number of hydrogen-bond acceptors (Lipinski definition) is 10. The number of nitrogens with zero attached hydrogens (tertiary/aromatic N) is 9. The zero-order valence-electron chi connectivity index (χ0n) is 32.0. The quantitative estimate of drug-likeness (QED) is 0.185. The van der Waals surface area contributed by atoms with Crippen molar-refractivity contribution in [2.24, 2.45) is 4.99 Å². The zero-order valence-corrected chi connectivity index (χ0v) is 33.5. The van der Waals surface area contributed by atoms with E-state index in [2.05, 4.69) is 59.8 Å². The van der Waals surface area contributed by atoms with Crippen LogP contribution in [-0.2, 0) is 29.2 Å². The maximum Gasteiger partial charge on any atom is 0.255 e. The van der Waals surface area contributed by atoms with Gasteiger partial charge in [-0.2, -0.15) is 5.10 Å². The molecule has 7 heterocycles. The summed E-state index contributed by atoms with van der Waals surface area (Å²) in [5.41, 5.74) is 7.61. The lowest BCUT2D eigenvalue weighted by molar-refractivity contribution is -0.136. The van der Waals surface area contributed by atoms with Gasteiger partial charge in [0.25, 0.3) is 5.91 Å². The Balaban J connectivity index is 0.829. The Kier molecular flexibility index (Phi) is 9.86. The molecule has 4 aliphatic heterocycles. The Bertz CT molecular complexity index is 2520. The van der Waals surface area contributed by atoms with Gasteiger partial charge in [-0.05, 0) is 62.1 Å². The number of piperidine rings is 1. The van der Waals surface area contributed by atoms with Crippen LogP contribution in [0.3, 0.4) is 0 Å². The number of benzene rings is 2. The summed E-state index contributed by atoms with van der Waals surface area (Å²) >= 11 is 7.88. The Morgan fingerprint density at radius 3 is 2.54 bits per heavy atom. The Hall–Kier alpha value is -5.46. The number of rotatable bonds is 7. The van der Waals surface area contributed by atoms with Gasteiger partial charge in [0.2, 0.25) is 11.8 Å². The lowest BCUT2D eigenvalue weighted by atomic mass is 9.99. The smallest absolute Gasteiger partial charge is 0.255 e. The second kappa shape index (κ2) is 15.1. The van der Waals surface area contributed by atoms with Gasteiger partial charge in [-0.1, -0.05) is 47.7 Å². The van der Waals surface area contributed by atoms with Gasteiger partial charge in [0.05, 0.1) is 28.9 Å². The summed E-state index contributed by atoms with van der Waals surface area (Å²) in [6, 6.07) is 12.9. The van der Waals surface area contributed by atoms with Crippen molar-refractivity contribution in [3.8, 4) is 16.8 Å². The van der Waals surface area contributed by atoms with Crippen LogP contribution >= 0.6 is 22.9 Å². The highest BCUT2D eigenvalue weighted by Crippen LogP contribution is 2.39. The van der Waals surface area contributed by atoms with Gasteiger partial charge in [0, 0.05) is 80.1 Å². The first kappa shape index (κ1) is 37.1. The maximum atomic E-state index is 13.3. The summed E-state index contributed by atoms with van der Waals surface area (Å²) in [5.74, 6) is 7.62. The third-order valence-corrected chi connectivity index (χ3v) is 12.8. The first-order valence-electron chi connectivity index (χ1n) is 19.3. The van der Waals surface area contributed by atoms with Crippen LogP contribution in [0.25, 0.3) is 5.00 Å². The number of nitrogens with one attached hydrogen (secondary N) is 1. The second-order valence-electron chi connectivity index (χ2n) is 15.0. The standard InChI is InChI=1S/C42H41ClN10O3S/c1-25-35(57-42-37(25)38(29-8-10-31(43)11-9-29)45-26(2)39-48-47-27(3)53(39)42)13-7-28-21-44-51(22-28)20-19-49-15-17-50(18-16-49)23-30-5-4-6-32-33(30)24-52(41(32)56)34-12-14-36(54)46-40(34)55/h4-6,8-11,21-22,26,34H,12,14-20,23-24H2,1-3H3,(H,46,54,55)/t26-,34?/m0/s1. The molecule has 2 aromatic carbocycles. The number of carbonyl (C=O) groups is 3. The van der Waals surface area contributed by atoms with Gasteiger partial charge < -0.3 is 4.90 Å². The highest BCUT2D eigenvalue weighted by Gasteiger charge is 2.40. The van der Waals surface area contributed by atoms with Crippen LogP contribution in [0.2, 0.25) is 5.02 Å². The number of amides is 3. The van der Waals surface area contributed by atoms with Crippen molar-refractivity contribution in [3.63, 3.8) is 0 Å². The molecule has 0 bridgehead atoms. The summed E-state index contributed by atoms with van der Waals surface area (Å²) in [6.45, 7) is 12.6. The molecule has 13 nitrogen and oxygen atoms in total. The summed E-state index contributed by atoms with van der Waals surface area (Å²) in [5, 5.41) is 17.6. The summed E-state index contributed by atoms with van der Waals surface area (Å²) in [4.78, 5) is 50.1. The number of piperazine rings is 1. The van der Waals surface area contributed by atoms with Crippen LogP contribution in [0, 0.1) is 25.7 Å². The van der Waals surface area contributed by atoms with Crippen LogP contribution in [-0.4, -0.2) is 101 Å². The highest BCUT2D eigenvalue weighted by molar-refractivity contribution is 7.15. The molecule has 0 radical (unpaired) electrons. The van der Waals surface area contributed by atoms with Crippen molar-refractivity contribution < 1.29 is 14.4 Å². The number of fused-ring (bicyclic) bond motifs is 4. The normalized spacial score (nSPS) is 19.7. The minimum atomic E-state index is -0.610. The van der Waals surface area contributed by atoms with E-state index in [1.807, 2.05) is 67.3 Å². The van der Waals surface area contributed by atoms with Crippen molar-refractivity contribution in [1.29, 1.82) is 0 Å². The van der Waals surface area contributed by atoms with Crippen LogP contribution in [0.4, 0.5) is 0 Å². The Morgan fingerprint density at radius 1 is 0.965 bits per heavy atom. The molecule has 1 N–H and O–H groups in total. The molecule has 9 rings (SSSR count). The number of halogens is 1. The third-order valence-electron chi connectivity index (χ3n) is 11.4. The summed E-state index contributed by atoms with van der Waals surface area (Å²) in [7, 11) is 0. The van der Waals surface area contributed by atoms with Gasteiger partial charge in [0.15, 0.2) is 5.82 Å². The van der Waals surface area contributed by atoms with E-state index in [0.717, 1.165) is 106 Å². The highest BCUT2D eigenvalue weighted by atomic mass is 35.5. The minimum absolute atomic E-state index is 0.135. The molecular formula is C42H41ClN10O3S. The molecule has 2 atom stereocenters. The zero-order chi connectivity index (χ0) is 39.4. The van der Waals surface area contributed by atoms with E-state index in [1.54, 1.807) is 16.2 Å². The van der Waals surface area contributed by atoms with Gasteiger partial charge >= 0.3 is 0 Å². The fourth-order valence-corrected chi connectivity index (χ4v) is 9.57. The van der Waals surface area contributed by atoms with E-state index >= 15 is 0 Å². The summed E-state index contributed by atoms with van der Waals surface area (Å²) in [6.07, 6.45) is 4.45. The fraction of sp³-hybridized carbons (Fsp3) is 0.357. The maximum absolute atomic E-state index is 13.3. The van der Waals surface area contributed by atoms with Crippen LogP contribution in [0.1, 0.15) is 86.1 Å². The van der Waals surface area contributed by atoms with Crippen LogP contribution < -0.4 is 5.32 Å². The fourth-order valence-electron chi connectivity index (χ4n) is 8.23. The van der Waals surface area contributed by atoms with Crippen molar-refractivity contribution in [1.82, 2.24) is 44.6 Å². The van der Waals surface area contributed by atoms with E-state index in [9.17, 15) is 14.4 Å². The predicted octanol–water partition coefficient (Wildman–Crippen LogP) is 4.69. The number of aromatic nitrogens is 5. The molecule has 3 amide bonds. The number of aliphatic imine (C=N–C) groups is 1. The lowest BCUT2D eigenvalue weighted by Gasteiger charge is -2.35. The van der Waals surface area contributed by atoms with Gasteiger partial charge in [0.1, 0.15) is 22.9 Å². The Morgan fingerprint density at radius 2 is 1.75 bits per heavy atom. The Labute approximate surface area is 339 Å². The van der Waals surface area contributed by atoms with Gasteiger partial charge in [-0.25, -0.2) is 0 Å². The third kappa shape index (κ3) is 7.10. The van der Waals surface area contributed by atoms with Gasteiger partial charge in [-0.3, -0.25) is 43.7 Å². The van der Waals surface area contributed by atoms with Crippen molar-refractivity contribution in [2.75, 3.05) is 32.7 Å². The van der Waals surface area contributed by atoms with Crippen molar-refractivity contribution in [2.45, 2.75) is 65.3 Å². The molecule has 290 valence electrons. The first-order chi connectivity index (χ1) is 27.6. The molecule has 2 saturated heterocycles. The topological polar surface area (TPSA) is 134 Å². The van der Waals surface area contributed by atoms with Crippen molar-refractivity contribution >= 4 is 46.4 Å².